The van der Waals surface area contributed by atoms with Crippen molar-refractivity contribution in [1.82, 2.24) is 4.90 Å². The van der Waals surface area contributed by atoms with Crippen molar-refractivity contribution in [1.29, 1.82) is 0 Å². The second-order valence-corrected chi connectivity index (χ2v) is 4.80. The van der Waals surface area contributed by atoms with E-state index >= 15 is 0 Å². The molecule has 2 N–H and O–H groups in total. The highest BCUT2D eigenvalue weighted by Crippen LogP contribution is 2.13. The molecule has 1 amide bonds. The Balaban J connectivity index is 2.06. The summed E-state index contributed by atoms with van der Waals surface area (Å²) in [5.74, 6) is -0.122. The molecule has 0 saturated heterocycles. The van der Waals surface area contributed by atoms with Crippen LogP contribution in [0.2, 0.25) is 0 Å². The van der Waals surface area contributed by atoms with Crippen LogP contribution < -0.4 is 0 Å². The second-order valence-electron chi connectivity index (χ2n) is 4.80. The monoisotopic (exact) mass is 285 g/mol. The number of aliphatic hydroxyl groups excluding tert-OH is 1. The number of carbonyl (C=O) groups excluding carboxylic acids is 1. The van der Waals surface area contributed by atoms with Crippen LogP contribution in [0.4, 0.5) is 0 Å². The molecule has 2 rings (SSSR count). The summed E-state index contributed by atoms with van der Waals surface area (Å²) in [6, 6.07) is 16.2. The van der Waals surface area contributed by atoms with E-state index in [1.54, 1.807) is 17.0 Å². The minimum absolute atomic E-state index is 0.0628. The zero-order valence-corrected chi connectivity index (χ0v) is 11.8. The number of carbonyl (C=O) groups is 1. The fraction of sp³-hybridized carbons (Fsp3) is 0.235. The summed E-state index contributed by atoms with van der Waals surface area (Å²) in [6.45, 7) is 0.722. The van der Waals surface area contributed by atoms with Crippen molar-refractivity contribution < 1.29 is 15.0 Å². The van der Waals surface area contributed by atoms with Crippen LogP contribution in [-0.2, 0) is 6.42 Å². The lowest BCUT2D eigenvalue weighted by Crippen LogP contribution is -2.35. The van der Waals surface area contributed by atoms with Crippen LogP contribution in [0.1, 0.15) is 15.9 Å². The Labute approximate surface area is 124 Å². The molecule has 0 heterocycles. The van der Waals surface area contributed by atoms with Crippen molar-refractivity contribution in [2.75, 3.05) is 19.7 Å². The number of nitrogens with zero attached hydrogens (tertiary/aromatic N) is 1. The predicted molar refractivity (Wildman–Crippen MR) is 81.2 cm³/mol. The Kier molecular flexibility index (Phi) is 5.35. The molecule has 0 radical (unpaired) electrons. The standard InChI is InChI=1S/C17H19NO3/c19-12-11-18(10-9-14-5-2-1-3-6-14)17(21)15-7-4-8-16(20)13-15/h1-8,13,19-20H,9-12H2. The molecule has 0 atom stereocenters. The number of phenols is 1. The van der Waals surface area contributed by atoms with Gasteiger partial charge in [0, 0.05) is 18.7 Å². The molecule has 0 spiro atoms. The van der Waals surface area contributed by atoms with Crippen molar-refractivity contribution in [2.24, 2.45) is 0 Å². The Hall–Kier alpha value is -2.33. The third-order valence-electron chi connectivity index (χ3n) is 3.26. The summed E-state index contributed by atoms with van der Waals surface area (Å²) >= 11 is 0. The van der Waals surface area contributed by atoms with Gasteiger partial charge in [0.25, 0.3) is 5.91 Å². The van der Waals surface area contributed by atoms with Crippen LogP contribution in [-0.4, -0.2) is 40.7 Å². The van der Waals surface area contributed by atoms with Gasteiger partial charge in [-0.05, 0) is 30.2 Å². The SMILES string of the molecule is O=C(c1cccc(O)c1)N(CCO)CCc1ccccc1. The average molecular weight is 285 g/mol. The smallest absolute Gasteiger partial charge is 0.254 e. The van der Waals surface area contributed by atoms with E-state index in [1.807, 2.05) is 30.3 Å². The Morgan fingerprint density at radius 2 is 1.76 bits per heavy atom. The highest BCUT2D eigenvalue weighted by molar-refractivity contribution is 5.94. The minimum atomic E-state index is -0.184. The quantitative estimate of drug-likeness (QED) is 0.854. The number of aliphatic hydroxyl groups is 1. The molecule has 0 aliphatic carbocycles. The maximum absolute atomic E-state index is 12.4. The van der Waals surface area contributed by atoms with Gasteiger partial charge in [0.1, 0.15) is 5.75 Å². The van der Waals surface area contributed by atoms with Crippen LogP contribution in [0, 0.1) is 0 Å². The molecule has 4 heteroatoms. The molecule has 0 aliphatic rings. The van der Waals surface area contributed by atoms with Crippen LogP contribution in [0.5, 0.6) is 5.75 Å². The summed E-state index contributed by atoms with van der Waals surface area (Å²) in [7, 11) is 0. The number of hydrogen-bond donors (Lipinski definition) is 2. The molecule has 2 aromatic carbocycles. The van der Waals surface area contributed by atoms with Gasteiger partial charge in [-0.15, -0.1) is 0 Å². The second kappa shape index (κ2) is 7.45. The van der Waals surface area contributed by atoms with Gasteiger partial charge in [0.2, 0.25) is 0 Å². The Bertz CT molecular complexity index is 584. The van der Waals surface area contributed by atoms with Crippen molar-refractivity contribution in [3.63, 3.8) is 0 Å². The normalized spacial score (nSPS) is 10.3. The van der Waals surface area contributed by atoms with E-state index in [9.17, 15) is 9.90 Å². The molecule has 2 aromatic rings. The summed E-state index contributed by atoms with van der Waals surface area (Å²) in [5.41, 5.74) is 1.57. The Morgan fingerprint density at radius 3 is 2.43 bits per heavy atom. The molecule has 4 nitrogen and oxygen atoms in total. The van der Waals surface area contributed by atoms with E-state index in [2.05, 4.69) is 0 Å². The number of benzene rings is 2. The summed E-state index contributed by atoms with van der Waals surface area (Å²) in [5, 5.41) is 18.6. The molecular weight excluding hydrogens is 266 g/mol. The minimum Gasteiger partial charge on any atom is -0.508 e. The zero-order valence-electron chi connectivity index (χ0n) is 11.8. The molecule has 0 aromatic heterocycles. The van der Waals surface area contributed by atoms with Crippen molar-refractivity contribution in [3.8, 4) is 5.75 Å². The first-order chi connectivity index (χ1) is 10.2. The van der Waals surface area contributed by atoms with E-state index in [1.165, 1.54) is 12.1 Å². The number of rotatable bonds is 6. The van der Waals surface area contributed by atoms with Gasteiger partial charge in [-0.25, -0.2) is 0 Å². The fourth-order valence-corrected chi connectivity index (χ4v) is 2.17. The molecule has 110 valence electrons. The molecule has 0 unspecified atom stereocenters. The molecule has 21 heavy (non-hydrogen) atoms. The number of phenolic OH excluding ortho intramolecular Hbond substituents is 1. The first-order valence-electron chi connectivity index (χ1n) is 6.94. The lowest BCUT2D eigenvalue weighted by molar-refractivity contribution is 0.0723. The third-order valence-corrected chi connectivity index (χ3v) is 3.26. The van der Waals surface area contributed by atoms with Crippen LogP contribution in [0.3, 0.4) is 0 Å². The summed E-state index contributed by atoms with van der Waals surface area (Å²) in [6.07, 6.45) is 0.728. The molecule has 0 bridgehead atoms. The summed E-state index contributed by atoms with van der Waals surface area (Å²) in [4.78, 5) is 14.0. The Morgan fingerprint density at radius 1 is 1.00 bits per heavy atom. The van der Waals surface area contributed by atoms with E-state index in [0.717, 1.165) is 12.0 Å². The lowest BCUT2D eigenvalue weighted by Gasteiger charge is -2.22. The van der Waals surface area contributed by atoms with Crippen molar-refractivity contribution in [2.45, 2.75) is 6.42 Å². The van der Waals surface area contributed by atoms with Crippen molar-refractivity contribution in [3.05, 3.63) is 65.7 Å². The van der Waals surface area contributed by atoms with Crippen LogP contribution >= 0.6 is 0 Å². The zero-order chi connectivity index (χ0) is 15.1. The van der Waals surface area contributed by atoms with Gasteiger partial charge in [-0.3, -0.25) is 4.79 Å². The van der Waals surface area contributed by atoms with Gasteiger partial charge < -0.3 is 15.1 Å². The van der Waals surface area contributed by atoms with E-state index in [-0.39, 0.29) is 24.8 Å². The highest BCUT2D eigenvalue weighted by atomic mass is 16.3. The third kappa shape index (κ3) is 4.33. The maximum Gasteiger partial charge on any atom is 0.254 e. The first-order valence-corrected chi connectivity index (χ1v) is 6.94. The van der Waals surface area contributed by atoms with Crippen LogP contribution in [0.25, 0.3) is 0 Å². The summed E-state index contributed by atoms with van der Waals surface area (Å²) < 4.78 is 0. The number of aromatic hydroxyl groups is 1. The van der Waals surface area contributed by atoms with Crippen molar-refractivity contribution >= 4 is 5.91 Å². The van der Waals surface area contributed by atoms with Gasteiger partial charge in [-0.2, -0.15) is 0 Å². The topological polar surface area (TPSA) is 60.8 Å². The lowest BCUT2D eigenvalue weighted by atomic mass is 10.1. The largest absolute Gasteiger partial charge is 0.508 e. The maximum atomic E-state index is 12.4. The van der Waals surface area contributed by atoms with Gasteiger partial charge in [0.05, 0.1) is 6.61 Å². The van der Waals surface area contributed by atoms with Gasteiger partial charge in [-0.1, -0.05) is 36.4 Å². The molecular formula is C17H19NO3. The molecule has 0 saturated carbocycles. The fourth-order valence-electron chi connectivity index (χ4n) is 2.17. The van der Waals surface area contributed by atoms with E-state index in [0.29, 0.717) is 12.1 Å². The first kappa shape index (κ1) is 15.1. The molecule has 0 fully saturated rings. The van der Waals surface area contributed by atoms with Crippen LogP contribution in [0.15, 0.2) is 54.6 Å². The highest BCUT2D eigenvalue weighted by Gasteiger charge is 2.15. The average Bonchev–Trinajstić information content (AvgIpc) is 2.52. The predicted octanol–water partition coefficient (Wildman–Crippen LogP) is 2.07. The van der Waals surface area contributed by atoms with E-state index < -0.39 is 0 Å². The van der Waals surface area contributed by atoms with Gasteiger partial charge in [0.15, 0.2) is 0 Å². The van der Waals surface area contributed by atoms with E-state index in [4.69, 9.17) is 5.11 Å². The number of hydrogen-bond acceptors (Lipinski definition) is 3. The number of amides is 1. The van der Waals surface area contributed by atoms with Gasteiger partial charge >= 0.3 is 0 Å². The molecule has 0 aliphatic heterocycles.